The number of hydrogen-bond acceptors (Lipinski definition) is 7. The molecular formula is C27H28N2O6S. The van der Waals surface area contributed by atoms with Crippen molar-refractivity contribution in [3.8, 4) is 23.0 Å². The Bertz CT molecular complexity index is 1490. The van der Waals surface area contributed by atoms with Crippen LogP contribution in [0.3, 0.4) is 0 Å². The largest absolute Gasteiger partial charge is 0.493 e. The number of nitrogens with one attached hydrogen (secondary N) is 1. The Morgan fingerprint density at radius 1 is 0.750 bits per heavy atom. The lowest BCUT2D eigenvalue weighted by Crippen LogP contribution is -2.30. The third-order valence-electron chi connectivity index (χ3n) is 5.92. The first kappa shape index (κ1) is 25.3. The summed E-state index contributed by atoms with van der Waals surface area (Å²) in [6, 6.07) is 16.5. The van der Waals surface area contributed by atoms with Gasteiger partial charge in [0.25, 0.3) is 0 Å². The van der Waals surface area contributed by atoms with E-state index in [1.165, 1.54) is 7.11 Å². The summed E-state index contributed by atoms with van der Waals surface area (Å²) in [5.74, 6) is 2.06. The molecule has 3 aromatic carbocycles. The molecule has 8 nitrogen and oxygen atoms in total. The minimum atomic E-state index is -3.92. The summed E-state index contributed by atoms with van der Waals surface area (Å²) in [6.45, 7) is 1.90. The monoisotopic (exact) mass is 508 g/mol. The topological polar surface area (TPSA) is 96.0 Å². The zero-order valence-corrected chi connectivity index (χ0v) is 21.5. The van der Waals surface area contributed by atoms with Crippen LogP contribution >= 0.6 is 0 Å². The molecule has 1 heterocycles. The first-order valence-electron chi connectivity index (χ1n) is 11.1. The minimum Gasteiger partial charge on any atom is -0.493 e. The third kappa shape index (κ3) is 4.93. The van der Waals surface area contributed by atoms with Gasteiger partial charge >= 0.3 is 0 Å². The molecule has 0 aliphatic heterocycles. The maximum Gasteiger partial charge on any atom is 0.241 e. The van der Waals surface area contributed by atoms with Crippen LogP contribution < -0.4 is 23.7 Å². The van der Waals surface area contributed by atoms with E-state index in [-0.39, 0.29) is 4.90 Å². The molecular weight excluding hydrogens is 480 g/mol. The fourth-order valence-corrected chi connectivity index (χ4v) is 5.20. The SMILES string of the molecule is COc1ccc([C@H](NS(=O)(=O)c2ccc(C)cc2)c2nccc3cc(OC)c(OC)cc23)cc1OC. The third-order valence-corrected chi connectivity index (χ3v) is 7.36. The normalized spacial score (nSPS) is 12.2. The van der Waals surface area contributed by atoms with Gasteiger partial charge in [0.2, 0.25) is 10.0 Å². The number of fused-ring (bicyclic) bond motifs is 1. The number of aromatic nitrogens is 1. The van der Waals surface area contributed by atoms with Crippen LogP contribution in [-0.2, 0) is 10.0 Å². The Hall–Kier alpha value is -3.82. The molecule has 4 aromatic rings. The Kier molecular flexibility index (Phi) is 7.32. The number of hydrogen-bond donors (Lipinski definition) is 1. The molecule has 0 saturated heterocycles. The molecule has 0 bridgehead atoms. The van der Waals surface area contributed by atoms with Gasteiger partial charge in [0, 0.05) is 11.6 Å². The number of pyridine rings is 1. The van der Waals surface area contributed by atoms with Gasteiger partial charge in [-0.05, 0) is 60.3 Å². The van der Waals surface area contributed by atoms with Crippen LogP contribution in [0.15, 0.2) is 71.8 Å². The smallest absolute Gasteiger partial charge is 0.241 e. The second-order valence-corrected chi connectivity index (χ2v) is 9.82. The van der Waals surface area contributed by atoms with E-state index < -0.39 is 16.1 Å². The van der Waals surface area contributed by atoms with Crippen molar-refractivity contribution in [2.75, 3.05) is 28.4 Å². The van der Waals surface area contributed by atoms with Crippen LogP contribution in [0.25, 0.3) is 10.8 Å². The Morgan fingerprint density at radius 2 is 1.36 bits per heavy atom. The molecule has 0 radical (unpaired) electrons. The van der Waals surface area contributed by atoms with E-state index >= 15 is 0 Å². The highest BCUT2D eigenvalue weighted by Gasteiger charge is 2.27. The zero-order valence-electron chi connectivity index (χ0n) is 20.7. The van der Waals surface area contributed by atoms with Gasteiger partial charge in [0.15, 0.2) is 23.0 Å². The molecule has 0 aliphatic carbocycles. The van der Waals surface area contributed by atoms with E-state index in [1.54, 1.807) is 76.1 Å². The Morgan fingerprint density at radius 3 is 2.00 bits per heavy atom. The van der Waals surface area contributed by atoms with Crippen molar-refractivity contribution in [1.29, 1.82) is 0 Å². The van der Waals surface area contributed by atoms with Crippen molar-refractivity contribution in [3.63, 3.8) is 0 Å². The van der Waals surface area contributed by atoms with Crippen LogP contribution in [0.2, 0.25) is 0 Å². The van der Waals surface area contributed by atoms with Crippen molar-refractivity contribution in [1.82, 2.24) is 9.71 Å². The molecule has 0 spiro atoms. The molecule has 9 heteroatoms. The van der Waals surface area contributed by atoms with Gasteiger partial charge in [-0.1, -0.05) is 23.8 Å². The molecule has 188 valence electrons. The molecule has 0 aliphatic rings. The number of ether oxygens (including phenoxy) is 4. The summed E-state index contributed by atoms with van der Waals surface area (Å²) in [5, 5.41) is 1.53. The van der Waals surface area contributed by atoms with Gasteiger partial charge in [0.05, 0.1) is 45.1 Å². The quantitative estimate of drug-likeness (QED) is 0.352. The molecule has 4 rings (SSSR count). The standard InChI is InChI=1S/C27H28N2O6S/c1-17-6-9-20(10-7-17)36(30,31)29-26(19-8-11-22(32-2)23(15-19)33-3)27-21-16-25(35-5)24(34-4)14-18(21)12-13-28-27/h6-16,26,29H,1-5H3/t26-/m0/s1. The molecule has 0 unspecified atom stereocenters. The van der Waals surface area contributed by atoms with Crippen molar-refractivity contribution < 1.29 is 27.4 Å². The number of methoxy groups -OCH3 is 4. The van der Waals surface area contributed by atoms with E-state index in [4.69, 9.17) is 18.9 Å². The van der Waals surface area contributed by atoms with Gasteiger partial charge in [-0.25, -0.2) is 8.42 Å². The van der Waals surface area contributed by atoms with Crippen molar-refractivity contribution in [3.05, 3.63) is 83.7 Å². The fraction of sp³-hybridized carbons (Fsp3) is 0.222. The van der Waals surface area contributed by atoms with Gasteiger partial charge < -0.3 is 18.9 Å². The maximum absolute atomic E-state index is 13.5. The van der Waals surface area contributed by atoms with Gasteiger partial charge in [0.1, 0.15) is 0 Å². The average molecular weight is 509 g/mol. The molecule has 0 fully saturated rings. The summed E-state index contributed by atoms with van der Waals surface area (Å²) in [7, 11) is 2.26. The molecule has 36 heavy (non-hydrogen) atoms. The average Bonchev–Trinajstić information content (AvgIpc) is 2.90. The van der Waals surface area contributed by atoms with Gasteiger partial charge in [-0.3, -0.25) is 4.98 Å². The van der Waals surface area contributed by atoms with E-state index in [2.05, 4.69) is 9.71 Å². The van der Waals surface area contributed by atoms with Gasteiger partial charge in [-0.2, -0.15) is 4.72 Å². The summed E-state index contributed by atoms with van der Waals surface area (Å²) < 4.78 is 51.7. The lowest BCUT2D eigenvalue weighted by molar-refractivity contribution is 0.354. The highest BCUT2D eigenvalue weighted by molar-refractivity contribution is 7.89. The Balaban J connectivity index is 1.93. The van der Waals surface area contributed by atoms with Gasteiger partial charge in [-0.15, -0.1) is 0 Å². The van der Waals surface area contributed by atoms with E-state index in [0.29, 0.717) is 39.6 Å². The lowest BCUT2D eigenvalue weighted by Gasteiger charge is -2.22. The second kappa shape index (κ2) is 10.4. The molecule has 0 saturated carbocycles. The predicted molar refractivity (Wildman–Crippen MR) is 138 cm³/mol. The highest BCUT2D eigenvalue weighted by atomic mass is 32.2. The van der Waals surface area contributed by atoms with E-state index in [0.717, 1.165) is 10.9 Å². The van der Waals surface area contributed by atoms with E-state index in [9.17, 15) is 8.42 Å². The lowest BCUT2D eigenvalue weighted by atomic mass is 9.98. The highest BCUT2D eigenvalue weighted by Crippen LogP contribution is 2.38. The number of sulfonamides is 1. The Labute approximate surface area is 210 Å². The number of rotatable bonds is 9. The maximum atomic E-state index is 13.5. The molecule has 1 N–H and O–H groups in total. The summed E-state index contributed by atoms with van der Waals surface area (Å²) in [5.41, 5.74) is 2.08. The van der Waals surface area contributed by atoms with Crippen molar-refractivity contribution in [2.24, 2.45) is 0 Å². The van der Waals surface area contributed by atoms with Crippen molar-refractivity contribution >= 4 is 20.8 Å². The summed E-state index contributed by atoms with van der Waals surface area (Å²) in [4.78, 5) is 4.76. The van der Waals surface area contributed by atoms with Crippen molar-refractivity contribution in [2.45, 2.75) is 17.9 Å². The summed E-state index contributed by atoms with van der Waals surface area (Å²) in [6.07, 6.45) is 1.64. The fourth-order valence-electron chi connectivity index (χ4n) is 4.01. The second-order valence-electron chi connectivity index (χ2n) is 8.11. The van der Waals surface area contributed by atoms with Crippen LogP contribution in [0.1, 0.15) is 22.9 Å². The molecule has 1 atom stereocenters. The van der Waals surface area contributed by atoms with E-state index in [1.807, 2.05) is 19.1 Å². The minimum absolute atomic E-state index is 0.151. The molecule has 1 aromatic heterocycles. The number of aryl methyl sites for hydroxylation is 1. The molecule has 0 amide bonds. The van der Waals surface area contributed by atoms with Crippen LogP contribution in [0.5, 0.6) is 23.0 Å². The zero-order chi connectivity index (χ0) is 25.9. The van der Waals surface area contributed by atoms with Crippen LogP contribution in [0.4, 0.5) is 0 Å². The number of benzene rings is 3. The number of nitrogens with zero attached hydrogens (tertiary/aromatic N) is 1. The predicted octanol–water partition coefficient (Wildman–Crippen LogP) is 4.65. The first-order chi connectivity index (χ1) is 17.3. The van der Waals surface area contributed by atoms with Crippen LogP contribution in [0, 0.1) is 6.92 Å². The van der Waals surface area contributed by atoms with Crippen LogP contribution in [-0.4, -0.2) is 41.8 Å². The summed E-state index contributed by atoms with van der Waals surface area (Å²) >= 11 is 0. The first-order valence-corrected chi connectivity index (χ1v) is 12.6.